The van der Waals surface area contributed by atoms with Crippen molar-refractivity contribution in [1.82, 2.24) is 31.5 Å². The van der Waals surface area contributed by atoms with Crippen LogP contribution in [0.4, 0.5) is 0 Å². The Kier molecular flexibility index (Phi) is 21.4. The van der Waals surface area contributed by atoms with Crippen molar-refractivity contribution in [2.75, 3.05) is 18.6 Å². The third-order valence-electron chi connectivity index (χ3n) is 8.86. The van der Waals surface area contributed by atoms with Gasteiger partial charge in [0.15, 0.2) is 0 Å². The van der Waals surface area contributed by atoms with Crippen molar-refractivity contribution < 1.29 is 53.4 Å². The highest BCUT2D eigenvalue weighted by Crippen LogP contribution is 2.21. The largest absolute Gasteiger partial charge is 0.480 e. The van der Waals surface area contributed by atoms with Crippen LogP contribution >= 0.6 is 11.8 Å². The molecule has 0 aromatic carbocycles. The molecule has 21 heteroatoms. The normalized spacial score (nSPS) is 17.8. The summed E-state index contributed by atoms with van der Waals surface area (Å²) in [6.07, 6.45) is 0.0576. The van der Waals surface area contributed by atoms with Gasteiger partial charge in [0.25, 0.3) is 0 Å². The zero-order valence-electron chi connectivity index (χ0n) is 33.0. The first kappa shape index (κ1) is 49.5. The summed E-state index contributed by atoms with van der Waals surface area (Å²) in [6.45, 7) is 8.74. The van der Waals surface area contributed by atoms with Crippen LogP contribution in [0, 0.1) is 11.8 Å². The third-order valence-corrected chi connectivity index (χ3v) is 9.50. The van der Waals surface area contributed by atoms with Gasteiger partial charge in [-0.1, -0.05) is 27.7 Å². The van der Waals surface area contributed by atoms with Gasteiger partial charge in [-0.15, -0.1) is 0 Å². The van der Waals surface area contributed by atoms with E-state index in [1.165, 1.54) is 23.6 Å². The molecular formula is C35H61N9O11S. The van der Waals surface area contributed by atoms with Crippen molar-refractivity contribution in [3.63, 3.8) is 0 Å². The van der Waals surface area contributed by atoms with E-state index in [1.54, 1.807) is 6.26 Å². The van der Waals surface area contributed by atoms with E-state index in [9.17, 15) is 53.4 Å². The maximum absolute atomic E-state index is 14.0. The number of aliphatic hydroxyl groups is 1. The van der Waals surface area contributed by atoms with Crippen LogP contribution in [-0.2, 0) is 43.2 Å². The number of hydrogen-bond donors (Lipinski definition) is 10. The van der Waals surface area contributed by atoms with E-state index in [2.05, 4.69) is 26.6 Å². The van der Waals surface area contributed by atoms with Gasteiger partial charge in [0.2, 0.25) is 47.3 Å². The molecule has 1 heterocycles. The first-order chi connectivity index (χ1) is 26.1. The summed E-state index contributed by atoms with van der Waals surface area (Å²) in [6, 6.07) is -9.11. The lowest BCUT2D eigenvalue weighted by atomic mass is 10.00. The summed E-state index contributed by atoms with van der Waals surface area (Å²) in [5.41, 5.74) is 16.5. The molecule has 0 radical (unpaired) electrons. The number of carbonyl (C=O) groups is 9. The molecule has 8 amide bonds. The minimum Gasteiger partial charge on any atom is -0.480 e. The molecule has 0 bridgehead atoms. The van der Waals surface area contributed by atoms with Crippen LogP contribution in [0.15, 0.2) is 0 Å². The predicted molar refractivity (Wildman–Crippen MR) is 206 cm³/mol. The molecule has 20 nitrogen and oxygen atoms in total. The molecule has 1 saturated heterocycles. The lowest BCUT2D eigenvalue weighted by molar-refractivity contribution is -0.144. The number of hydrogen-bond acceptors (Lipinski definition) is 12. The number of amides is 8. The number of primary amides is 2. The molecule has 0 spiro atoms. The fraction of sp³-hybridized carbons (Fsp3) is 0.743. The Bertz CT molecular complexity index is 1410. The summed E-state index contributed by atoms with van der Waals surface area (Å²) in [5.74, 6) is -7.62. The van der Waals surface area contributed by atoms with Crippen LogP contribution < -0.4 is 43.8 Å². The van der Waals surface area contributed by atoms with Crippen molar-refractivity contribution in [3.05, 3.63) is 0 Å². The van der Waals surface area contributed by atoms with Gasteiger partial charge in [-0.3, -0.25) is 38.4 Å². The highest BCUT2D eigenvalue weighted by Gasteiger charge is 2.41. The van der Waals surface area contributed by atoms with Gasteiger partial charge in [0, 0.05) is 13.0 Å². The Morgan fingerprint density at radius 2 is 1.29 bits per heavy atom. The van der Waals surface area contributed by atoms with E-state index in [4.69, 9.17) is 17.2 Å². The van der Waals surface area contributed by atoms with Gasteiger partial charge in [-0.05, 0) is 69.3 Å². The molecule has 0 aromatic rings. The summed E-state index contributed by atoms with van der Waals surface area (Å²) in [4.78, 5) is 117. The van der Waals surface area contributed by atoms with E-state index in [1.807, 2.05) is 27.7 Å². The highest BCUT2D eigenvalue weighted by molar-refractivity contribution is 7.98. The van der Waals surface area contributed by atoms with Gasteiger partial charge < -0.3 is 58.9 Å². The third kappa shape index (κ3) is 17.1. The molecular weight excluding hydrogens is 755 g/mol. The first-order valence-corrected chi connectivity index (χ1v) is 20.0. The zero-order valence-corrected chi connectivity index (χ0v) is 33.8. The Hall–Kier alpha value is -4.50. The summed E-state index contributed by atoms with van der Waals surface area (Å²) in [7, 11) is 0. The van der Waals surface area contributed by atoms with Crippen molar-refractivity contribution in [2.24, 2.45) is 29.0 Å². The number of nitrogens with zero attached hydrogens (tertiary/aromatic N) is 1. The second-order valence-corrected chi connectivity index (χ2v) is 15.8. The standard InChI is InChI=1S/C35H61N9O11S/c1-17(2)14-20(36)29(48)41-23(15-18(3)4)31(50)40-22(9-10-26(37)46)34(53)44-12-7-8-25(44)32(51)43-28(19(5)45)33(52)39-21(11-13-56-6)30(49)42-24(35(54)55)16-27(38)47/h17-25,28,45H,7-16,36H2,1-6H3,(H2,37,46)(H2,38,47)(H,39,52)(H,40,50)(H,41,48)(H,42,49)(H,43,51)(H,54,55). The lowest BCUT2D eigenvalue weighted by Gasteiger charge is -2.31. The molecule has 1 aliphatic heterocycles. The van der Waals surface area contributed by atoms with E-state index in [-0.39, 0.29) is 50.5 Å². The SMILES string of the molecule is CSCCC(NC(=O)C(NC(=O)C1CCCN1C(=O)C(CCC(N)=O)NC(=O)C(CC(C)C)NC(=O)C(N)CC(C)C)C(C)O)C(=O)NC(CC(N)=O)C(=O)O. The maximum atomic E-state index is 14.0. The fourth-order valence-corrected chi connectivity index (χ4v) is 6.48. The van der Waals surface area contributed by atoms with Crippen molar-refractivity contribution in [2.45, 2.75) is 134 Å². The summed E-state index contributed by atoms with van der Waals surface area (Å²) in [5, 5.41) is 32.3. The Labute approximate surface area is 331 Å². The predicted octanol–water partition coefficient (Wildman–Crippen LogP) is -2.82. The maximum Gasteiger partial charge on any atom is 0.326 e. The van der Waals surface area contributed by atoms with Crippen molar-refractivity contribution >= 4 is 65.0 Å². The number of carboxylic acid groups (broad SMARTS) is 1. The van der Waals surface area contributed by atoms with Gasteiger partial charge >= 0.3 is 5.97 Å². The number of rotatable bonds is 25. The van der Waals surface area contributed by atoms with Gasteiger partial charge in [0.1, 0.15) is 36.3 Å². The number of aliphatic hydroxyl groups excluding tert-OH is 1. The quantitative estimate of drug-likeness (QED) is 0.0445. The number of aliphatic carboxylic acids is 1. The zero-order chi connectivity index (χ0) is 42.9. The van der Waals surface area contributed by atoms with Crippen molar-refractivity contribution in [1.29, 1.82) is 0 Å². The van der Waals surface area contributed by atoms with Gasteiger partial charge in [-0.25, -0.2) is 4.79 Å². The summed E-state index contributed by atoms with van der Waals surface area (Å²) >= 11 is 1.32. The fourth-order valence-electron chi connectivity index (χ4n) is 6.01. The van der Waals surface area contributed by atoms with E-state index >= 15 is 0 Å². The van der Waals surface area contributed by atoms with Crippen LogP contribution in [-0.4, -0.2) is 135 Å². The van der Waals surface area contributed by atoms with E-state index in [0.29, 0.717) is 18.6 Å². The topological polar surface area (TPSA) is 336 Å². The molecule has 318 valence electrons. The molecule has 0 saturated carbocycles. The number of carbonyl (C=O) groups excluding carboxylic acids is 8. The monoisotopic (exact) mass is 815 g/mol. The molecule has 56 heavy (non-hydrogen) atoms. The second-order valence-electron chi connectivity index (χ2n) is 14.8. The average Bonchev–Trinajstić information content (AvgIpc) is 3.58. The number of carboxylic acids is 1. The molecule has 8 unspecified atom stereocenters. The van der Waals surface area contributed by atoms with E-state index in [0.717, 1.165) is 0 Å². The number of thioether (sulfide) groups is 1. The van der Waals surface area contributed by atoms with Crippen molar-refractivity contribution in [3.8, 4) is 0 Å². The molecule has 0 aliphatic carbocycles. The Morgan fingerprint density at radius 3 is 1.80 bits per heavy atom. The second kappa shape index (κ2) is 24.2. The van der Waals surface area contributed by atoms with Gasteiger partial charge in [0.05, 0.1) is 18.6 Å². The average molecular weight is 816 g/mol. The number of nitrogens with one attached hydrogen (secondary N) is 5. The Morgan fingerprint density at radius 1 is 0.732 bits per heavy atom. The Balaban J connectivity index is 3.26. The van der Waals surface area contributed by atoms with E-state index < -0.39 is 108 Å². The number of likely N-dealkylation sites (tertiary alicyclic amines) is 1. The van der Waals surface area contributed by atoms with Crippen LogP contribution in [0.25, 0.3) is 0 Å². The van der Waals surface area contributed by atoms with Crippen LogP contribution in [0.3, 0.4) is 0 Å². The van der Waals surface area contributed by atoms with Gasteiger partial charge in [-0.2, -0.15) is 11.8 Å². The molecule has 1 aliphatic rings. The van der Waals surface area contributed by atoms with Crippen LogP contribution in [0.5, 0.6) is 0 Å². The smallest absolute Gasteiger partial charge is 0.326 e. The molecule has 1 fully saturated rings. The minimum atomic E-state index is -1.67. The number of nitrogens with two attached hydrogens (primary N) is 3. The first-order valence-electron chi connectivity index (χ1n) is 18.6. The highest BCUT2D eigenvalue weighted by atomic mass is 32.2. The lowest BCUT2D eigenvalue weighted by Crippen LogP contribution is -2.61. The molecule has 0 aromatic heterocycles. The molecule has 8 atom stereocenters. The molecule has 1 rings (SSSR count). The summed E-state index contributed by atoms with van der Waals surface area (Å²) < 4.78 is 0. The minimum absolute atomic E-state index is 0.0118. The van der Waals surface area contributed by atoms with Crippen LogP contribution in [0.1, 0.15) is 86.0 Å². The van der Waals surface area contributed by atoms with Crippen LogP contribution in [0.2, 0.25) is 0 Å². The molecule has 13 N–H and O–H groups in total.